The second-order valence-corrected chi connectivity index (χ2v) is 6.00. The van der Waals surface area contributed by atoms with Gasteiger partial charge >= 0.3 is 0 Å². The minimum absolute atomic E-state index is 0.0547. The minimum Gasteiger partial charge on any atom is -0.350 e. The smallest absolute Gasteiger partial charge is 0.224 e. The Morgan fingerprint density at radius 3 is 2.55 bits per heavy atom. The molecule has 110 valence electrons. The highest BCUT2D eigenvalue weighted by atomic mass is 79.9. The molecule has 0 saturated heterocycles. The molecular formula is C15H18BrF2NO. The van der Waals surface area contributed by atoms with Crippen LogP contribution in [0.3, 0.4) is 0 Å². The van der Waals surface area contributed by atoms with Crippen molar-refractivity contribution >= 4 is 21.8 Å². The maximum atomic E-state index is 13.5. The standard InChI is InChI=1S/C15H18BrF2NO/c16-10-15(6-2-1-3-7-15)19-14(20)8-11-4-5-12(17)9-13(11)18/h4-5,9H,1-3,6-8,10H2,(H,19,20). The van der Waals surface area contributed by atoms with Crippen LogP contribution in [0.2, 0.25) is 0 Å². The summed E-state index contributed by atoms with van der Waals surface area (Å²) >= 11 is 3.47. The van der Waals surface area contributed by atoms with Crippen LogP contribution in [0, 0.1) is 11.6 Å². The van der Waals surface area contributed by atoms with E-state index in [-0.39, 0.29) is 23.4 Å². The molecule has 0 atom stereocenters. The number of rotatable bonds is 4. The zero-order valence-corrected chi connectivity index (χ0v) is 12.8. The number of carbonyl (C=O) groups excluding carboxylic acids is 1. The lowest BCUT2D eigenvalue weighted by Gasteiger charge is -2.36. The molecule has 1 aliphatic rings. The lowest BCUT2D eigenvalue weighted by Crippen LogP contribution is -2.51. The number of amides is 1. The van der Waals surface area contributed by atoms with Crippen LogP contribution >= 0.6 is 15.9 Å². The molecule has 2 nitrogen and oxygen atoms in total. The van der Waals surface area contributed by atoms with Gasteiger partial charge in [-0.15, -0.1) is 0 Å². The highest BCUT2D eigenvalue weighted by Crippen LogP contribution is 2.29. The van der Waals surface area contributed by atoms with Crippen molar-refractivity contribution < 1.29 is 13.6 Å². The molecule has 0 radical (unpaired) electrons. The molecule has 1 N–H and O–H groups in total. The second kappa shape index (κ2) is 6.66. The Hall–Kier alpha value is -0.970. The van der Waals surface area contributed by atoms with Crippen molar-refractivity contribution in [2.75, 3.05) is 5.33 Å². The van der Waals surface area contributed by atoms with Gasteiger partial charge in [0.05, 0.1) is 6.42 Å². The van der Waals surface area contributed by atoms with Crippen LogP contribution in [0.1, 0.15) is 37.7 Å². The summed E-state index contributed by atoms with van der Waals surface area (Å²) < 4.78 is 26.4. The van der Waals surface area contributed by atoms with Crippen molar-refractivity contribution in [3.05, 3.63) is 35.4 Å². The number of alkyl halides is 1. The predicted molar refractivity (Wildman–Crippen MR) is 77.8 cm³/mol. The third-order valence-electron chi connectivity index (χ3n) is 3.84. The average Bonchev–Trinajstić information content (AvgIpc) is 2.43. The Labute approximate surface area is 126 Å². The van der Waals surface area contributed by atoms with E-state index in [0.717, 1.165) is 31.7 Å². The van der Waals surface area contributed by atoms with Gasteiger partial charge in [0.1, 0.15) is 11.6 Å². The first-order valence-electron chi connectivity index (χ1n) is 6.86. The minimum atomic E-state index is -0.670. The molecule has 0 spiro atoms. The van der Waals surface area contributed by atoms with Crippen molar-refractivity contribution in [1.29, 1.82) is 0 Å². The number of hydrogen-bond acceptors (Lipinski definition) is 1. The first kappa shape index (κ1) is 15.4. The van der Waals surface area contributed by atoms with Crippen molar-refractivity contribution in [3.8, 4) is 0 Å². The highest BCUT2D eigenvalue weighted by molar-refractivity contribution is 9.09. The van der Waals surface area contributed by atoms with Crippen LogP contribution in [0.25, 0.3) is 0 Å². The van der Waals surface area contributed by atoms with E-state index in [4.69, 9.17) is 0 Å². The van der Waals surface area contributed by atoms with Gasteiger partial charge in [-0.3, -0.25) is 4.79 Å². The molecule has 0 aromatic heterocycles. The predicted octanol–water partition coefficient (Wildman–Crippen LogP) is 3.72. The SMILES string of the molecule is O=C(Cc1ccc(F)cc1F)NC1(CBr)CCCCC1. The van der Waals surface area contributed by atoms with E-state index >= 15 is 0 Å². The van der Waals surface area contributed by atoms with Crippen molar-refractivity contribution in [2.24, 2.45) is 0 Å². The van der Waals surface area contributed by atoms with Gasteiger partial charge in [-0.05, 0) is 24.5 Å². The molecule has 1 fully saturated rings. The Morgan fingerprint density at radius 1 is 1.25 bits per heavy atom. The Morgan fingerprint density at radius 2 is 1.95 bits per heavy atom. The fourth-order valence-electron chi connectivity index (χ4n) is 2.70. The highest BCUT2D eigenvalue weighted by Gasteiger charge is 2.32. The topological polar surface area (TPSA) is 29.1 Å². The first-order chi connectivity index (χ1) is 9.54. The second-order valence-electron chi connectivity index (χ2n) is 5.44. The molecule has 0 bridgehead atoms. The third kappa shape index (κ3) is 3.78. The molecule has 1 saturated carbocycles. The lowest BCUT2D eigenvalue weighted by molar-refractivity contribution is -0.122. The Bertz CT molecular complexity index is 487. The van der Waals surface area contributed by atoms with Gasteiger partial charge in [-0.25, -0.2) is 8.78 Å². The van der Waals surface area contributed by atoms with Crippen LogP contribution in [0.15, 0.2) is 18.2 Å². The van der Waals surface area contributed by atoms with Gasteiger partial charge in [0.25, 0.3) is 0 Å². The maximum Gasteiger partial charge on any atom is 0.224 e. The summed E-state index contributed by atoms with van der Waals surface area (Å²) in [5, 5.41) is 3.73. The summed E-state index contributed by atoms with van der Waals surface area (Å²) in [6, 6.07) is 3.31. The zero-order valence-electron chi connectivity index (χ0n) is 11.2. The number of nitrogens with one attached hydrogen (secondary N) is 1. The lowest BCUT2D eigenvalue weighted by atomic mass is 9.83. The van der Waals surface area contributed by atoms with Crippen molar-refractivity contribution in [3.63, 3.8) is 0 Å². The Balaban J connectivity index is 2.00. The fraction of sp³-hybridized carbons (Fsp3) is 0.533. The van der Waals surface area contributed by atoms with Gasteiger partial charge < -0.3 is 5.32 Å². The summed E-state index contributed by atoms with van der Waals surface area (Å²) in [5.74, 6) is -1.51. The van der Waals surface area contributed by atoms with Crippen LogP contribution in [0.5, 0.6) is 0 Å². The third-order valence-corrected chi connectivity index (χ3v) is 4.91. The molecule has 2 rings (SSSR count). The summed E-state index contributed by atoms with van der Waals surface area (Å²) in [6.07, 6.45) is 5.21. The number of halogens is 3. The van der Waals surface area contributed by atoms with E-state index in [2.05, 4.69) is 21.2 Å². The monoisotopic (exact) mass is 345 g/mol. The quantitative estimate of drug-likeness (QED) is 0.828. The van der Waals surface area contributed by atoms with Gasteiger partial charge in [0.2, 0.25) is 5.91 Å². The van der Waals surface area contributed by atoms with Crippen LogP contribution < -0.4 is 5.32 Å². The summed E-state index contributed by atoms with van der Waals surface area (Å²) in [6.45, 7) is 0. The van der Waals surface area contributed by atoms with Crippen LogP contribution in [0.4, 0.5) is 8.78 Å². The fourth-order valence-corrected chi connectivity index (χ4v) is 3.40. The normalized spacial score (nSPS) is 17.8. The summed E-state index contributed by atoms with van der Waals surface area (Å²) in [4.78, 5) is 12.1. The van der Waals surface area contributed by atoms with E-state index in [0.29, 0.717) is 5.33 Å². The molecule has 1 aromatic rings. The van der Waals surface area contributed by atoms with E-state index < -0.39 is 11.6 Å². The molecule has 20 heavy (non-hydrogen) atoms. The summed E-state index contributed by atoms with van der Waals surface area (Å²) in [7, 11) is 0. The van der Waals surface area contributed by atoms with Gasteiger partial charge in [0.15, 0.2) is 0 Å². The molecular weight excluding hydrogens is 328 g/mol. The largest absolute Gasteiger partial charge is 0.350 e. The molecule has 1 aromatic carbocycles. The number of hydrogen-bond donors (Lipinski definition) is 1. The Kier molecular flexibility index (Phi) is 5.13. The molecule has 0 heterocycles. The van der Waals surface area contributed by atoms with E-state index in [1.165, 1.54) is 18.6 Å². The van der Waals surface area contributed by atoms with E-state index in [1.807, 2.05) is 0 Å². The first-order valence-corrected chi connectivity index (χ1v) is 7.98. The summed E-state index contributed by atoms with van der Waals surface area (Å²) in [5.41, 5.74) is 0.00990. The van der Waals surface area contributed by atoms with Crippen molar-refractivity contribution in [2.45, 2.75) is 44.1 Å². The molecule has 0 aliphatic heterocycles. The molecule has 0 unspecified atom stereocenters. The van der Waals surface area contributed by atoms with Crippen molar-refractivity contribution in [1.82, 2.24) is 5.32 Å². The zero-order chi connectivity index (χ0) is 14.6. The molecule has 1 amide bonds. The van der Waals surface area contributed by atoms with Gasteiger partial charge in [0, 0.05) is 16.9 Å². The maximum absolute atomic E-state index is 13.5. The van der Waals surface area contributed by atoms with E-state index in [9.17, 15) is 13.6 Å². The van der Waals surface area contributed by atoms with Gasteiger partial charge in [-0.2, -0.15) is 0 Å². The van der Waals surface area contributed by atoms with E-state index in [1.54, 1.807) is 0 Å². The average molecular weight is 346 g/mol. The molecule has 1 aliphatic carbocycles. The number of benzene rings is 1. The number of carbonyl (C=O) groups is 1. The molecule has 5 heteroatoms. The van der Waals surface area contributed by atoms with Crippen LogP contribution in [-0.2, 0) is 11.2 Å². The van der Waals surface area contributed by atoms with Crippen LogP contribution in [-0.4, -0.2) is 16.8 Å². The van der Waals surface area contributed by atoms with Gasteiger partial charge in [-0.1, -0.05) is 41.3 Å².